The lowest BCUT2D eigenvalue weighted by atomic mass is 9.92. The molecule has 1 fully saturated rings. The Morgan fingerprint density at radius 3 is 2.16 bits per heavy atom. The van der Waals surface area contributed by atoms with Gasteiger partial charge in [-0.25, -0.2) is 9.59 Å². The average Bonchev–Trinajstić information content (AvgIpc) is 3.05. The summed E-state index contributed by atoms with van der Waals surface area (Å²) in [6.07, 6.45) is 1.45. The normalized spacial score (nSPS) is 17.6. The molecular weight excluding hydrogens is 252 g/mol. The van der Waals surface area contributed by atoms with E-state index in [2.05, 4.69) is 24.5 Å². The van der Waals surface area contributed by atoms with Crippen LogP contribution in [0.3, 0.4) is 0 Å². The van der Waals surface area contributed by atoms with Crippen molar-refractivity contribution in [1.82, 2.24) is 10.6 Å². The lowest BCUT2D eigenvalue weighted by molar-refractivity contribution is -0.145. The van der Waals surface area contributed by atoms with Crippen LogP contribution in [0.25, 0.3) is 0 Å². The molecule has 0 unspecified atom stereocenters. The SMILES string of the molecule is CC(C)C1(CNC(=O)N[C@@H](CC(=O)O)C(=O)O)CC1. The summed E-state index contributed by atoms with van der Waals surface area (Å²) in [6, 6.07) is -2.05. The monoisotopic (exact) mass is 272 g/mol. The predicted molar refractivity (Wildman–Crippen MR) is 66.7 cm³/mol. The van der Waals surface area contributed by atoms with Gasteiger partial charge in [0.15, 0.2) is 0 Å². The average molecular weight is 272 g/mol. The van der Waals surface area contributed by atoms with Crippen LogP contribution in [0.15, 0.2) is 0 Å². The number of hydrogen-bond donors (Lipinski definition) is 4. The number of carbonyl (C=O) groups excluding carboxylic acids is 1. The molecule has 1 aliphatic carbocycles. The van der Waals surface area contributed by atoms with Crippen molar-refractivity contribution < 1.29 is 24.6 Å². The zero-order chi connectivity index (χ0) is 14.6. The smallest absolute Gasteiger partial charge is 0.326 e. The van der Waals surface area contributed by atoms with E-state index in [1.807, 2.05) is 0 Å². The van der Waals surface area contributed by atoms with Crippen LogP contribution in [0.1, 0.15) is 33.1 Å². The maximum absolute atomic E-state index is 11.6. The summed E-state index contributed by atoms with van der Waals surface area (Å²) in [5.41, 5.74) is 0.114. The molecule has 1 atom stereocenters. The number of hydrogen-bond acceptors (Lipinski definition) is 3. The van der Waals surface area contributed by atoms with Gasteiger partial charge in [0.25, 0.3) is 0 Å². The zero-order valence-electron chi connectivity index (χ0n) is 11.1. The van der Waals surface area contributed by atoms with Gasteiger partial charge in [0.1, 0.15) is 6.04 Å². The summed E-state index contributed by atoms with van der Waals surface area (Å²) in [4.78, 5) is 32.8. The molecule has 0 aromatic heterocycles. The van der Waals surface area contributed by atoms with Crippen molar-refractivity contribution in [2.75, 3.05) is 6.54 Å². The van der Waals surface area contributed by atoms with E-state index in [-0.39, 0.29) is 5.41 Å². The summed E-state index contributed by atoms with van der Waals surface area (Å²) in [7, 11) is 0. The molecule has 19 heavy (non-hydrogen) atoms. The van der Waals surface area contributed by atoms with Crippen molar-refractivity contribution in [3.8, 4) is 0 Å². The first-order valence-corrected chi connectivity index (χ1v) is 6.26. The van der Waals surface area contributed by atoms with E-state index in [1.165, 1.54) is 0 Å². The van der Waals surface area contributed by atoms with Crippen molar-refractivity contribution in [2.45, 2.75) is 39.2 Å². The fourth-order valence-electron chi connectivity index (χ4n) is 1.96. The Bertz CT molecular complexity index is 376. The van der Waals surface area contributed by atoms with Crippen molar-refractivity contribution in [1.29, 1.82) is 0 Å². The predicted octanol–water partition coefficient (Wildman–Crippen LogP) is 0.650. The summed E-state index contributed by atoms with van der Waals surface area (Å²) in [5.74, 6) is -2.18. The van der Waals surface area contributed by atoms with Gasteiger partial charge in [-0.15, -0.1) is 0 Å². The van der Waals surface area contributed by atoms with Gasteiger partial charge in [0, 0.05) is 6.54 Å². The van der Waals surface area contributed by atoms with Crippen LogP contribution in [0.5, 0.6) is 0 Å². The molecule has 0 radical (unpaired) electrons. The quantitative estimate of drug-likeness (QED) is 0.543. The minimum Gasteiger partial charge on any atom is -0.481 e. The third kappa shape index (κ3) is 4.42. The van der Waals surface area contributed by atoms with Crippen LogP contribution in [0.4, 0.5) is 4.79 Å². The molecule has 1 saturated carbocycles. The number of aliphatic carboxylic acids is 2. The maximum Gasteiger partial charge on any atom is 0.326 e. The molecule has 4 N–H and O–H groups in total. The second-order valence-corrected chi connectivity index (χ2v) is 5.33. The Morgan fingerprint density at radius 2 is 1.79 bits per heavy atom. The van der Waals surface area contributed by atoms with E-state index in [0.29, 0.717) is 12.5 Å². The Kier molecular flexibility index (Phi) is 4.74. The largest absolute Gasteiger partial charge is 0.481 e. The number of urea groups is 1. The number of carboxylic acid groups (broad SMARTS) is 2. The van der Waals surface area contributed by atoms with Gasteiger partial charge < -0.3 is 20.8 Å². The highest BCUT2D eigenvalue weighted by atomic mass is 16.4. The summed E-state index contributed by atoms with van der Waals surface area (Å²) in [6.45, 7) is 4.64. The molecule has 2 amide bonds. The first-order chi connectivity index (χ1) is 8.77. The zero-order valence-corrected chi connectivity index (χ0v) is 11.1. The maximum atomic E-state index is 11.6. The third-order valence-electron chi connectivity index (χ3n) is 3.70. The van der Waals surface area contributed by atoms with E-state index < -0.39 is 30.4 Å². The number of amides is 2. The molecule has 0 spiro atoms. The van der Waals surface area contributed by atoms with Crippen LogP contribution >= 0.6 is 0 Å². The van der Waals surface area contributed by atoms with Crippen molar-refractivity contribution in [3.63, 3.8) is 0 Å². The first kappa shape index (κ1) is 15.3. The molecule has 7 heteroatoms. The second kappa shape index (κ2) is 5.90. The van der Waals surface area contributed by atoms with Gasteiger partial charge in [-0.05, 0) is 24.2 Å². The Balaban J connectivity index is 2.41. The molecule has 1 rings (SSSR count). The molecule has 7 nitrogen and oxygen atoms in total. The van der Waals surface area contributed by atoms with Crippen LogP contribution < -0.4 is 10.6 Å². The van der Waals surface area contributed by atoms with Gasteiger partial charge in [-0.2, -0.15) is 0 Å². The van der Waals surface area contributed by atoms with E-state index in [4.69, 9.17) is 10.2 Å². The van der Waals surface area contributed by atoms with Crippen LogP contribution in [0, 0.1) is 11.3 Å². The van der Waals surface area contributed by atoms with E-state index in [1.54, 1.807) is 0 Å². The minimum absolute atomic E-state index is 0.114. The molecule has 0 aliphatic heterocycles. The van der Waals surface area contributed by atoms with Gasteiger partial charge in [0.05, 0.1) is 6.42 Å². The van der Waals surface area contributed by atoms with Gasteiger partial charge in [-0.3, -0.25) is 4.79 Å². The van der Waals surface area contributed by atoms with E-state index in [9.17, 15) is 14.4 Å². The number of rotatable bonds is 7. The summed E-state index contributed by atoms with van der Waals surface area (Å²) < 4.78 is 0. The van der Waals surface area contributed by atoms with Gasteiger partial charge in [0.2, 0.25) is 0 Å². The third-order valence-corrected chi connectivity index (χ3v) is 3.70. The van der Waals surface area contributed by atoms with E-state index >= 15 is 0 Å². The lowest BCUT2D eigenvalue weighted by Gasteiger charge is -2.21. The summed E-state index contributed by atoms with van der Waals surface area (Å²) >= 11 is 0. The molecule has 0 aromatic carbocycles. The topological polar surface area (TPSA) is 116 Å². The fourth-order valence-corrected chi connectivity index (χ4v) is 1.96. The Morgan fingerprint density at radius 1 is 1.21 bits per heavy atom. The second-order valence-electron chi connectivity index (χ2n) is 5.33. The molecule has 108 valence electrons. The molecule has 0 heterocycles. The summed E-state index contributed by atoms with van der Waals surface area (Å²) in [5, 5.41) is 22.1. The minimum atomic E-state index is -1.41. The van der Waals surface area contributed by atoms with Crippen LogP contribution in [-0.4, -0.2) is 40.8 Å². The number of carboxylic acids is 2. The van der Waals surface area contributed by atoms with Gasteiger partial charge in [-0.1, -0.05) is 13.8 Å². The van der Waals surface area contributed by atoms with Crippen molar-refractivity contribution in [2.24, 2.45) is 11.3 Å². The number of nitrogens with one attached hydrogen (secondary N) is 2. The van der Waals surface area contributed by atoms with Crippen molar-refractivity contribution in [3.05, 3.63) is 0 Å². The van der Waals surface area contributed by atoms with Crippen LogP contribution in [0.2, 0.25) is 0 Å². The molecule has 1 aliphatic rings. The molecule has 0 aromatic rings. The standard InChI is InChI=1S/C12H20N2O5/c1-7(2)12(3-4-12)6-13-11(19)14-8(10(17)18)5-9(15)16/h7-8H,3-6H2,1-2H3,(H,15,16)(H,17,18)(H2,13,14,19)/t8-/m0/s1. The number of carbonyl (C=O) groups is 3. The molecule has 0 saturated heterocycles. The lowest BCUT2D eigenvalue weighted by Crippen LogP contribution is -2.48. The van der Waals surface area contributed by atoms with E-state index in [0.717, 1.165) is 12.8 Å². The van der Waals surface area contributed by atoms with Crippen molar-refractivity contribution >= 4 is 18.0 Å². The molecule has 0 bridgehead atoms. The van der Waals surface area contributed by atoms with Crippen LogP contribution in [-0.2, 0) is 9.59 Å². The highest BCUT2D eigenvalue weighted by Gasteiger charge is 2.45. The fraction of sp³-hybridized carbons (Fsp3) is 0.750. The Labute approximate surface area is 111 Å². The first-order valence-electron chi connectivity index (χ1n) is 6.26. The Hall–Kier alpha value is -1.79. The highest BCUT2D eigenvalue weighted by Crippen LogP contribution is 2.51. The van der Waals surface area contributed by atoms with Gasteiger partial charge >= 0.3 is 18.0 Å². The highest BCUT2D eigenvalue weighted by molar-refractivity contribution is 5.86. The molecular formula is C12H20N2O5.